The van der Waals surface area contributed by atoms with Crippen LogP contribution in [0.3, 0.4) is 0 Å². The highest BCUT2D eigenvalue weighted by Gasteiger charge is 2.22. The topological polar surface area (TPSA) is 38.5 Å². The molecule has 0 bridgehead atoms. The average Bonchev–Trinajstić information content (AvgIpc) is 2.42. The van der Waals surface area contributed by atoms with Gasteiger partial charge in [0.15, 0.2) is 0 Å². The number of halogens is 1. The van der Waals surface area contributed by atoms with E-state index in [0.717, 1.165) is 43.8 Å². The van der Waals surface area contributed by atoms with Crippen molar-refractivity contribution in [3.05, 3.63) is 29.1 Å². The first-order chi connectivity index (χ1) is 9.52. The van der Waals surface area contributed by atoms with Gasteiger partial charge in [0.1, 0.15) is 5.82 Å². The Kier molecular flexibility index (Phi) is 5.00. The van der Waals surface area contributed by atoms with Crippen LogP contribution in [0.15, 0.2) is 12.1 Å². The summed E-state index contributed by atoms with van der Waals surface area (Å²) in [5.74, 6) is 0.465. The maximum absolute atomic E-state index is 13.8. The Balaban J connectivity index is 2.18. The lowest BCUT2D eigenvalue weighted by atomic mass is 9.95. The summed E-state index contributed by atoms with van der Waals surface area (Å²) in [7, 11) is 1.75. The van der Waals surface area contributed by atoms with Crippen LogP contribution in [-0.4, -0.2) is 26.8 Å². The van der Waals surface area contributed by atoms with Crippen LogP contribution < -0.4 is 10.6 Å². The van der Waals surface area contributed by atoms with E-state index >= 15 is 0 Å². The molecule has 0 radical (unpaired) electrons. The van der Waals surface area contributed by atoms with Crippen LogP contribution in [0.2, 0.25) is 0 Å². The van der Waals surface area contributed by atoms with Gasteiger partial charge in [-0.1, -0.05) is 0 Å². The van der Waals surface area contributed by atoms with Gasteiger partial charge >= 0.3 is 0 Å². The molecule has 112 valence electrons. The molecule has 20 heavy (non-hydrogen) atoms. The van der Waals surface area contributed by atoms with Crippen molar-refractivity contribution in [1.82, 2.24) is 0 Å². The third-order valence-corrected chi connectivity index (χ3v) is 4.16. The largest absolute Gasteiger partial charge is 0.384 e. The minimum Gasteiger partial charge on any atom is -0.384 e. The van der Waals surface area contributed by atoms with E-state index in [1.807, 2.05) is 19.9 Å². The van der Waals surface area contributed by atoms with Crippen molar-refractivity contribution in [2.45, 2.75) is 32.7 Å². The highest BCUT2D eigenvalue weighted by molar-refractivity contribution is 5.57. The molecule has 0 aromatic heterocycles. The minimum atomic E-state index is -0.171. The lowest BCUT2D eigenvalue weighted by molar-refractivity contribution is 0.139. The average molecular weight is 280 g/mol. The van der Waals surface area contributed by atoms with E-state index < -0.39 is 0 Å². The number of nitrogens with two attached hydrogens (primary N) is 1. The second-order valence-electron chi connectivity index (χ2n) is 5.83. The Morgan fingerprint density at radius 1 is 1.40 bits per heavy atom. The highest BCUT2D eigenvalue weighted by Crippen LogP contribution is 2.31. The third kappa shape index (κ3) is 3.30. The Morgan fingerprint density at radius 3 is 2.60 bits per heavy atom. The molecule has 2 rings (SSSR count). The molecule has 0 aliphatic carbocycles. The molecule has 1 aliphatic heterocycles. The zero-order chi connectivity index (χ0) is 14.7. The highest BCUT2D eigenvalue weighted by atomic mass is 19.1. The molecule has 2 N–H and O–H groups in total. The second kappa shape index (κ2) is 6.55. The molecule has 1 aromatic rings. The van der Waals surface area contributed by atoms with Crippen molar-refractivity contribution in [1.29, 1.82) is 0 Å². The molecule has 0 spiro atoms. The zero-order valence-corrected chi connectivity index (χ0v) is 12.7. The monoisotopic (exact) mass is 280 g/mol. The summed E-state index contributed by atoms with van der Waals surface area (Å²) in [6.07, 6.45) is 2.23. The van der Waals surface area contributed by atoms with Crippen LogP contribution in [0.5, 0.6) is 0 Å². The van der Waals surface area contributed by atoms with Crippen molar-refractivity contribution in [2.75, 3.05) is 31.7 Å². The summed E-state index contributed by atoms with van der Waals surface area (Å²) in [6.45, 7) is 6.51. The minimum absolute atomic E-state index is 0.156. The molecule has 1 saturated heterocycles. The number of hydrogen-bond acceptors (Lipinski definition) is 3. The molecule has 0 saturated carbocycles. The quantitative estimate of drug-likeness (QED) is 0.921. The molecular weight excluding hydrogens is 255 g/mol. The first-order valence-corrected chi connectivity index (χ1v) is 7.32. The van der Waals surface area contributed by atoms with Gasteiger partial charge in [0.25, 0.3) is 0 Å². The van der Waals surface area contributed by atoms with E-state index in [4.69, 9.17) is 10.5 Å². The molecule has 4 heteroatoms. The molecule has 3 nitrogen and oxygen atoms in total. The van der Waals surface area contributed by atoms with E-state index in [1.54, 1.807) is 13.2 Å². The van der Waals surface area contributed by atoms with Crippen LogP contribution in [0.4, 0.5) is 10.1 Å². The van der Waals surface area contributed by atoms with Crippen molar-refractivity contribution in [2.24, 2.45) is 11.7 Å². The number of aryl methyl sites for hydroxylation is 1. The summed E-state index contributed by atoms with van der Waals surface area (Å²) in [4.78, 5) is 2.33. The van der Waals surface area contributed by atoms with Gasteiger partial charge < -0.3 is 15.4 Å². The summed E-state index contributed by atoms with van der Waals surface area (Å²) in [6, 6.07) is 3.37. The number of benzene rings is 1. The second-order valence-corrected chi connectivity index (χ2v) is 5.83. The molecule has 1 atom stereocenters. The van der Waals surface area contributed by atoms with E-state index in [0.29, 0.717) is 11.5 Å². The predicted octanol–water partition coefficient (Wildman–Crippen LogP) is 3.02. The van der Waals surface area contributed by atoms with Gasteiger partial charge in [-0.3, -0.25) is 0 Å². The molecule has 1 aliphatic rings. The van der Waals surface area contributed by atoms with Crippen LogP contribution in [0.25, 0.3) is 0 Å². The first-order valence-electron chi connectivity index (χ1n) is 7.32. The van der Waals surface area contributed by atoms with E-state index in [9.17, 15) is 4.39 Å². The van der Waals surface area contributed by atoms with Crippen molar-refractivity contribution < 1.29 is 9.13 Å². The Labute approximate surface area is 120 Å². The van der Waals surface area contributed by atoms with Crippen LogP contribution in [0, 0.1) is 18.7 Å². The van der Waals surface area contributed by atoms with Gasteiger partial charge in [-0.15, -0.1) is 0 Å². The smallest absolute Gasteiger partial charge is 0.126 e. The van der Waals surface area contributed by atoms with Crippen molar-refractivity contribution in [3.8, 4) is 0 Å². The van der Waals surface area contributed by atoms with Crippen LogP contribution >= 0.6 is 0 Å². The summed E-state index contributed by atoms with van der Waals surface area (Å²) in [5, 5.41) is 0. The lowest BCUT2D eigenvalue weighted by Gasteiger charge is -2.35. The molecule has 1 heterocycles. The van der Waals surface area contributed by atoms with E-state index in [1.165, 1.54) is 0 Å². The summed E-state index contributed by atoms with van der Waals surface area (Å²) < 4.78 is 19.0. The Morgan fingerprint density at radius 2 is 2.05 bits per heavy atom. The van der Waals surface area contributed by atoms with Gasteiger partial charge in [-0.2, -0.15) is 0 Å². The number of piperidine rings is 1. The number of hydrogen-bond donors (Lipinski definition) is 1. The molecule has 0 amide bonds. The number of anilines is 1. The van der Waals surface area contributed by atoms with Gasteiger partial charge in [0, 0.05) is 38.5 Å². The Hall–Kier alpha value is -1.13. The number of nitrogens with zero attached hydrogens (tertiary/aromatic N) is 1. The molecule has 1 fully saturated rings. The van der Waals surface area contributed by atoms with Crippen LogP contribution in [-0.2, 0) is 4.74 Å². The van der Waals surface area contributed by atoms with Gasteiger partial charge in [-0.05, 0) is 55.9 Å². The van der Waals surface area contributed by atoms with E-state index in [-0.39, 0.29) is 11.9 Å². The maximum Gasteiger partial charge on any atom is 0.126 e. The lowest BCUT2D eigenvalue weighted by Crippen LogP contribution is -2.36. The van der Waals surface area contributed by atoms with Gasteiger partial charge in [0.05, 0.1) is 0 Å². The fraction of sp³-hybridized carbons (Fsp3) is 0.625. The van der Waals surface area contributed by atoms with Crippen molar-refractivity contribution in [3.63, 3.8) is 0 Å². The Bertz CT molecular complexity index is 454. The zero-order valence-electron chi connectivity index (χ0n) is 12.7. The summed E-state index contributed by atoms with van der Waals surface area (Å²) >= 11 is 0. The normalized spacial score (nSPS) is 18.4. The van der Waals surface area contributed by atoms with Crippen molar-refractivity contribution >= 4 is 5.69 Å². The molecule has 1 aromatic carbocycles. The van der Waals surface area contributed by atoms with Gasteiger partial charge in [0.2, 0.25) is 0 Å². The third-order valence-electron chi connectivity index (χ3n) is 4.16. The fourth-order valence-corrected chi connectivity index (χ4v) is 2.90. The fourth-order valence-electron chi connectivity index (χ4n) is 2.90. The maximum atomic E-state index is 13.8. The number of rotatable bonds is 4. The first kappa shape index (κ1) is 15.3. The molecule has 0 unspecified atom stereocenters. The SMILES string of the molecule is COCC1CCN(c2cc(C)c(F)cc2[C@@H](C)N)CC1. The predicted molar refractivity (Wildman–Crippen MR) is 80.6 cm³/mol. The van der Waals surface area contributed by atoms with Gasteiger partial charge in [-0.25, -0.2) is 4.39 Å². The number of methoxy groups -OCH3 is 1. The van der Waals surface area contributed by atoms with E-state index in [2.05, 4.69) is 4.90 Å². The standard InChI is InChI=1S/C16H25FN2O/c1-11-8-16(14(12(2)18)9-15(11)17)19-6-4-13(5-7-19)10-20-3/h8-9,12-13H,4-7,10,18H2,1-3H3/t12-/m1/s1. The summed E-state index contributed by atoms with van der Waals surface area (Å²) in [5.41, 5.74) is 8.68. The number of ether oxygens (including phenoxy) is 1. The van der Waals surface area contributed by atoms with Crippen LogP contribution in [0.1, 0.15) is 36.9 Å². The molecular formula is C16H25FN2O.